The van der Waals surface area contributed by atoms with Crippen LogP contribution in [0.25, 0.3) is 0 Å². The first-order valence-corrected chi connectivity index (χ1v) is 8.21. The molecule has 0 aliphatic carbocycles. The lowest BCUT2D eigenvalue weighted by Crippen LogP contribution is -2.31. The van der Waals surface area contributed by atoms with Gasteiger partial charge in [0.2, 0.25) is 0 Å². The molecule has 0 saturated carbocycles. The van der Waals surface area contributed by atoms with E-state index in [9.17, 15) is 4.39 Å². The Morgan fingerprint density at radius 3 is 2.83 bits per heavy atom. The van der Waals surface area contributed by atoms with Crippen LogP contribution in [0.5, 0.6) is 0 Å². The SMILES string of the molecule is Cc1ncc(Cl)c(N2CCCN(Cc3ccccc3F)CC2)n1. The van der Waals surface area contributed by atoms with Crippen LogP contribution in [0.3, 0.4) is 0 Å². The van der Waals surface area contributed by atoms with Crippen LogP contribution in [0.1, 0.15) is 17.8 Å². The Kier molecular flexibility index (Phi) is 5.08. The fourth-order valence-corrected chi connectivity index (χ4v) is 3.08. The van der Waals surface area contributed by atoms with Crippen molar-refractivity contribution < 1.29 is 4.39 Å². The maximum atomic E-state index is 13.8. The van der Waals surface area contributed by atoms with Crippen molar-refractivity contribution in [3.8, 4) is 0 Å². The molecule has 0 spiro atoms. The van der Waals surface area contributed by atoms with Crippen molar-refractivity contribution in [3.63, 3.8) is 0 Å². The van der Waals surface area contributed by atoms with Crippen molar-refractivity contribution >= 4 is 17.4 Å². The number of anilines is 1. The van der Waals surface area contributed by atoms with E-state index in [1.165, 1.54) is 6.07 Å². The summed E-state index contributed by atoms with van der Waals surface area (Å²) in [4.78, 5) is 13.1. The van der Waals surface area contributed by atoms with Gasteiger partial charge in [-0.2, -0.15) is 0 Å². The Balaban J connectivity index is 1.68. The van der Waals surface area contributed by atoms with Gasteiger partial charge >= 0.3 is 0 Å². The summed E-state index contributed by atoms with van der Waals surface area (Å²) >= 11 is 6.24. The number of benzene rings is 1. The van der Waals surface area contributed by atoms with E-state index in [1.807, 2.05) is 19.1 Å². The topological polar surface area (TPSA) is 32.3 Å². The van der Waals surface area contributed by atoms with Crippen LogP contribution in [-0.2, 0) is 6.54 Å². The van der Waals surface area contributed by atoms with E-state index < -0.39 is 0 Å². The molecule has 2 heterocycles. The molecule has 0 radical (unpaired) electrons. The number of hydrogen-bond acceptors (Lipinski definition) is 4. The summed E-state index contributed by atoms with van der Waals surface area (Å²) in [6.07, 6.45) is 2.65. The van der Waals surface area contributed by atoms with E-state index >= 15 is 0 Å². The summed E-state index contributed by atoms with van der Waals surface area (Å²) in [6, 6.07) is 6.97. The van der Waals surface area contributed by atoms with Crippen LogP contribution in [0.15, 0.2) is 30.5 Å². The van der Waals surface area contributed by atoms with E-state index in [4.69, 9.17) is 11.6 Å². The molecule has 1 saturated heterocycles. The Hall–Kier alpha value is -1.72. The minimum atomic E-state index is -0.136. The van der Waals surface area contributed by atoms with Gasteiger partial charge in [0.05, 0.1) is 6.20 Å². The normalized spacial score (nSPS) is 16.4. The van der Waals surface area contributed by atoms with Crippen LogP contribution < -0.4 is 4.90 Å². The molecule has 3 rings (SSSR count). The molecule has 1 aromatic carbocycles. The van der Waals surface area contributed by atoms with Crippen molar-refractivity contribution in [3.05, 3.63) is 52.7 Å². The van der Waals surface area contributed by atoms with Gasteiger partial charge in [-0.25, -0.2) is 14.4 Å². The molecule has 0 N–H and O–H groups in total. The van der Waals surface area contributed by atoms with Crippen LogP contribution in [-0.4, -0.2) is 41.0 Å². The van der Waals surface area contributed by atoms with Crippen LogP contribution in [0.4, 0.5) is 10.2 Å². The number of nitrogens with zero attached hydrogens (tertiary/aromatic N) is 4. The lowest BCUT2D eigenvalue weighted by Gasteiger charge is -2.23. The first-order chi connectivity index (χ1) is 11.1. The third-order valence-electron chi connectivity index (χ3n) is 4.09. The monoisotopic (exact) mass is 334 g/mol. The van der Waals surface area contributed by atoms with Crippen molar-refractivity contribution in [1.29, 1.82) is 0 Å². The van der Waals surface area contributed by atoms with Gasteiger partial charge < -0.3 is 4.90 Å². The minimum absolute atomic E-state index is 0.136. The highest BCUT2D eigenvalue weighted by Crippen LogP contribution is 2.24. The molecule has 1 fully saturated rings. The average molecular weight is 335 g/mol. The maximum Gasteiger partial charge on any atom is 0.151 e. The Morgan fingerprint density at radius 2 is 2.00 bits per heavy atom. The second kappa shape index (κ2) is 7.23. The Bertz CT molecular complexity index is 679. The number of halogens is 2. The molecule has 122 valence electrons. The van der Waals surface area contributed by atoms with Gasteiger partial charge in [0.25, 0.3) is 0 Å². The molecule has 1 aliphatic heterocycles. The summed E-state index contributed by atoms with van der Waals surface area (Å²) in [5, 5.41) is 0.582. The molecule has 0 atom stereocenters. The first kappa shape index (κ1) is 16.1. The largest absolute Gasteiger partial charge is 0.354 e. The molecule has 6 heteroatoms. The second-order valence-corrected chi connectivity index (χ2v) is 6.20. The minimum Gasteiger partial charge on any atom is -0.354 e. The zero-order chi connectivity index (χ0) is 16.2. The van der Waals surface area contributed by atoms with Gasteiger partial charge in [0, 0.05) is 38.3 Å². The molecule has 23 heavy (non-hydrogen) atoms. The molecule has 1 aliphatic rings. The standard InChI is InChI=1S/C17H20ClFN4/c1-13-20-11-15(18)17(21-13)23-8-4-7-22(9-10-23)12-14-5-2-3-6-16(14)19/h2-3,5-6,11H,4,7-10,12H2,1H3. The second-order valence-electron chi connectivity index (χ2n) is 5.80. The summed E-state index contributed by atoms with van der Waals surface area (Å²) in [5.74, 6) is 1.38. The van der Waals surface area contributed by atoms with Crippen LogP contribution in [0, 0.1) is 12.7 Å². The van der Waals surface area contributed by atoms with Crippen LogP contribution >= 0.6 is 11.6 Å². The molecule has 0 unspecified atom stereocenters. The number of aryl methyl sites for hydroxylation is 1. The quantitative estimate of drug-likeness (QED) is 0.862. The highest BCUT2D eigenvalue weighted by atomic mass is 35.5. The summed E-state index contributed by atoms with van der Waals surface area (Å²) in [6.45, 7) is 6.01. The molecule has 0 amide bonds. The predicted molar refractivity (Wildman–Crippen MR) is 90.3 cm³/mol. The van der Waals surface area contributed by atoms with Gasteiger partial charge in [-0.05, 0) is 19.4 Å². The summed E-state index contributed by atoms with van der Waals surface area (Å²) < 4.78 is 13.8. The van der Waals surface area contributed by atoms with Gasteiger partial charge in [-0.3, -0.25) is 4.90 Å². The van der Waals surface area contributed by atoms with Gasteiger partial charge in [0.1, 0.15) is 16.7 Å². The third-order valence-corrected chi connectivity index (χ3v) is 4.35. The van der Waals surface area contributed by atoms with E-state index in [1.54, 1.807) is 12.3 Å². The van der Waals surface area contributed by atoms with Crippen molar-refractivity contribution in [1.82, 2.24) is 14.9 Å². The molecule has 0 bridgehead atoms. The summed E-state index contributed by atoms with van der Waals surface area (Å²) in [7, 11) is 0. The molecular formula is C17H20ClFN4. The summed E-state index contributed by atoms with van der Waals surface area (Å²) in [5.41, 5.74) is 0.747. The molecule has 2 aromatic rings. The fourth-order valence-electron chi connectivity index (χ4n) is 2.87. The van der Waals surface area contributed by atoms with Crippen molar-refractivity contribution in [2.24, 2.45) is 0 Å². The smallest absolute Gasteiger partial charge is 0.151 e. The third kappa shape index (κ3) is 3.98. The zero-order valence-electron chi connectivity index (χ0n) is 13.2. The Morgan fingerprint density at radius 1 is 1.17 bits per heavy atom. The molecular weight excluding hydrogens is 315 g/mol. The van der Waals surface area contributed by atoms with E-state index in [0.717, 1.165) is 49.8 Å². The number of aromatic nitrogens is 2. The van der Waals surface area contributed by atoms with E-state index in [2.05, 4.69) is 19.8 Å². The lowest BCUT2D eigenvalue weighted by molar-refractivity contribution is 0.281. The lowest BCUT2D eigenvalue weighted by atomic mass is 10.2. The van der Waals surface area contributed by atoms with E-state index in [-0.39, 0.29) is 5.82 Å². The average Bonchev–Trinajstić information content (AvgIpc) is 2.78. The molecule has 4 nitrogen and oxygen atoms in total. The van der Waals surface area contributed by atoms with Crippen LogP contribution in [0.2, 0.25) is 5.02 Å². The van der Waals surface area contributed by atoms with Crippen molar-refractivity contribution in [2.75, 3.05) is 31.1 Å². The zero-order valence-corrected chi connectivity index (χ0v) is 13.9. The van der Waals surface area contributed by atoms with Gasteiger partial charge in [-0.15, -0.1) is 0 Å². The number of hydrogen-bond donors (Lipinski definition) is 0. The van der Waals surface area contributed by atoms with Crippen molar-refractivity contribution in [2.45, 2.75) is 19.9 Å². The van der Waals surface area contributed by atoms with Gasteiger partial charge in [-0.1, -0.05) is 29.8 Å². The predicted octanol–water partition coefficient (Wildman–Crippen LogP) is 3.29. The molecule has 1 aromatic heterocycles. The number of rotatable bonds is 3. The highest BCUT2D eigenvalue weighted by molar-refractivity contribution is 6.32. The Labute approximate surface area is 140 Å². The fraction of sp³-hybridized carbons (Fsp3) is 0.412. The highest BCUT2D eigenvalue weighted by Gasteiger charge is 2.19. The maximum absolute atomic E-state index is 13.8. The van der Waals surface area contributed by atoms with E-state index in [0.29, 0.717) is 11.6 Å². The first-order valence-electron chi connectivity index (χ1n) is 7.83. The van der Waals surface area contributed by atoms with Gasteiger partial charge in [0.15, 0.2) is 5.82 Å².